The van der Waals surface area contributed by atoms with Crippen molar-refractivity contribution in [1.82, 2.24) is 20.4 Å². The van der Waals surface area contributed by atoms with Gasteiger partial charge in [0.05, 0.1) is 17.2 Å². The molecule has 110 valence electrons. The summed E-state index contributed by atoms with van der Waals surface area (Å²) in [5, 5.41) is 17.3. The van der Waals surface area contributed by atoms with Gasteiger partial charge in [0.25, 0.3) is 0 Å². The zero-order chi connectivity index (χ0) is 15.5. The first-order valence-corrected chi connectivity index (χ1v) is 7.11. The van der Waals surface area contributed by atoms with Gasteiger partial charge in [-0.2, -0.15) is 0 Å². The smallest absolute Gasteiger partial charge is 0.205 e. The molecule has 0 atom stereocenters. The van der Waals surface area contributed by atoms with E-state index in [1.165, 1.54) is 0 Å². The third kappa shape index (κ3) is 2.86. The average Bonchev–Trinajstić information content (AvgIpc) is 2.56. The van der Waals surface area contributed by atoms with Crippen molar-refractivity contribution in [2.45, 2.75) is 0 Å². The van der Waals surface area contributed by atoms with Crippen LogP contribution in [0, 0.1) is 0 Å². The predicted octanol–water partition coefficient (Wildman–Crippen LogP) is 3.92. The van der Waals surface area contributed by atoms with E-state index in [2.05, 4.69) is 20.4 Å². The van der Waals surface area contributed by atoms with Crippen molar-refractivity contribution < 1.29 is 4.74 Å². The minimum atomic E-state index is 0.319. The number of hydrogen-bond donors (Lipinski definition) is 0. The molecule has 22 heavy (non-hydrogen) atoms. The first-order valence-electron chi connectivity index (χ1n) is 6.35. The summed E-state index contributed by atoms with van der Waals surface area (Å²) in [6.45, 7) is 0. The molecule has 0 fully saturated rings. The lowest BCUT2D eigenvalue weighted by atomic mass is 10.2. The van der Waals surface area contributed by atoms with Crippen molar-refractivity contribution in [2.75, 3.05) is 7.11 Å². The number of rotatable bonds is 3. The van der Waals surface area contributed by atoms with Gasteiger partial charge >= 0.3 is 0 Å². The van der Waals surface area contributed by atoms with Crippen LogP contribution in [0.3, 0.4) is 0 Å². The Bertz CT molecular complexity index is 809. The van der Waals surface area contributed by atoms with Crippen LogP contribution >= 0.6 is 23.2 Å². The van der Waals surface area contributed by atoms with E-state index in [0.29, 0.717) is 38.6 Å². The molecular formula is C15H10Cl2N4O. The monoisotopic (exact) mass is 332 g/mol. The molecule has 0 saturated carbocycles. The van der Waals surface area contributed by atoms with Crippen molar-refractivity contribution in [2.24, 2.45) is 0 Å². The van der Waals surface area contributed by atoms with Crippen LogP contribution in [0.2, 0.25) is 10.0 Å². The van der Waals surface area contributed by atoms with Gasteiger partial charge in [-0.15, -0.1) is 20.4 Å². The SMILES string of the molecule is COc1ccc(Cl)c(-c2nnc(-c3ccccc3Cl)nn2)c1. The fourth-order valence-electron chi connectivity index (χ4n) is 1.89. The maximum Gasteiger partial charge on any atom is 0.205 e. The van der Waals surface area contributed by atoms with Gasteiger partial charge in [0.1, 0.15) is 5.75 Å². The van der Waals surface area contributed by atoms with E-state index in [1.807, 2.05) is 12.1 Å². The normalized spacial score (nSPS) is 10.5. The van der Waals surface area contributed by atoms with Crippen LogP contribution in [0.1, 0.15) is 0 Å². The summed E-state index contributed by atoms with van der Waals surface area (Å²) in [5.41, 5.74) is 1.28. The molecule has 0 aliphatic carbocycles. The number of hydrogen-bond acceptors (Lipinski definition) is 5. The summed E-state index contributed by atoms with van der Waals surface area (Å²) in [6.07, 6.45) is 0. The molecule has 7 heteroatoms. The Balaban J connectivity index is 2.00. The molecule has 0 aliphatic heterocycles. The van der Waals surface area contributed by atoms with Crippen molar-refractivity contribution in [1.29, 1.82) is 0 Å². The van der Waals surface area contributed by atoms with Crippen molar-refractivity contribution in [3.8, 4) is 28.5 Å². The maximum absolute atomic E-state index is 6.16. The summed E-state index contributed by atoms with van der Waals surface area (Å²) < 4.78 is 5.17. The van der Waals surface area contributed by atoms with E-state index in [1.54, 1.807) is 37.4 Å². The van der Waals surface area contributed by atoms with Gasteiger partial charge < -0.3 is 4.74 Å². The zero-order valence-corrected chi connectivity index (χ0v) is 13.0. The molecule has 0 aliphatic rings. The topological polar surface area (TPSA) is 60.8 Å². The van der Waals surface area contributed by atoms with E-state index in [-0.39, 0.29) is 0 Å². The van der Waals surface area contributed by atoms with Crippen LogP contribution in [0.15, 0.2) is 42.5 Å². The highest BCUT2D eigenvalue weighted by Crippen LogP contribution is 2.29. The molecule has 0 spiro atoms. The maximum atomic E-state index is 6.16. The number of aromatic nitrogens is 4. The van der Waals surface area contributed by atoms with Gasteiger partial charge in [-0.3, -0.25) is 0 Å². The summed E-state index contributed by atoms with van der Waals surface area (Å²) in [6, 6.07) is 12.4. The second kappa shape index (κ2) is 6.25. The minimum Gasteiger partial charge on any atom is -0.497 e. The molecule has 0 radical (unpaired) electrons. The molecule has 0 amide bonds. The Morgan fingerprint density at radius 1 is 0.773 bits per heavy atom. The molecule has 1 heterocycles. The fraction of sp³-hybridized carbons (Fsp3) is 0.0667. The van der Waals surface area contributed by atoms with E-state index >= 15 is 0 Å². The van der Waals surface area contributed by atoms with Crippen LogP contribution in [0.5, 0.6) is 5.75 Å². The third-order valence-corrected chi connectivity index (χ3v) is 3.67. The lowest BCUT2D eigenvalue weighted by Gasteiger charge is -2.06. The number of ether oxygens (including phenoxy) is 1. The first kappa shape index (κ1) is 14.7. The van der Waals surface area contributed by atoms with Crippen LogP contribution < -0.4 is 4.74 Å². The molecule has 1 aromatic heterocycles. The number of halogens is 2. The second-order valence-electron chi connectivity index (χ2n) is 4.37. The summed E-state index contributed by atoms with van der Waals surface area (Å²) >= 11 is 12.3. The second-order valence-corrected chi connectivity index (χ2v) is 5.19. The van der Waals surface area contributed by atoms with E-state index < -0.39 is 0 Å². The standard InChI is InChI=1S/C15H10Cl2N4O/c1-22-9-6-7-13(17)11(8-9)15-20-18-14(19-21-15)10-4-2-3-5-12(10)16/h2-8H,1H3. The number of nitrogens with zero attached hydrogens (tertiary/aromatic N) is 4. The largest absolute Gasteiger partial charge is 0.497 e. The van der Waals surface area contributed by atoms with Gasteiger partial charge in [-0.05, 0) is 30.3 Å². The molecule has 0 N–H and O–H groups in total. The van der Waals surface area contributed by atoms with Crippen molar-refractivity contribution >= 4 is 23.2 Å². The van der Waals surface area contributed by atoms with E-state index in [0.717, 1.165) is 0 Å². The highest BCUT2D eigenvalue weighted by molar-refractivity contribution is 6.33. The quantitative estimate of drug-likeness (QED) is 0.727. The third-order valence-electron chi connectivity index (χ3n) is 3.01. The fourth-order valence-corrected chi connectivity index (χ4v) is 2.31. The Hall–Kier alpha value is -2.24. The highest BCUT2D eigenvalue weighted by atomic mass is 35.5. The van der Waals surface area contributed by atoms with E-state index in [9.17, 15) is 0 Å². The van der Waals surface area contributed by atoms with Gasteiger partial charge in [-0.1, -0.05) is 35.3 Å². The number of methoxy groups -OCH3 is 1. The molecule has 0 bridgehead atoms. The number of benzene rings is 2. The average molecular weight is 333 g/mol. The van der Waals surface area contributed by atoms with Crippen molar-refractivity contribution in [3.05, 3.63) is 52.5 Å². The molecule has 2 aromatic carbocycles. The Labute approximate surface area is 136 Å². The molecule has 5 nitrogen and oxygen atoms in total. The Morgan fingerprint density at radius 3 is 2.00 bits per heavy atom. The molecule has 0 unspecified atom stereocenters. The van der Waals surface area contributed by atoms with Crippen molar-refractivity contribution in [3.63, 3.8) is 0 Å². The van der Waals surface area contributed by atoms with Crippen LogP contribution in [-0.4, -0.2) is 27.5 Å². The molecule has 0 saturated heterocycles. The van der Waals surface area contributed by atoms with Gasteiger partial charge in [0.2, 0.25) is 11.6 Å². The molecule has 3 rings (SSSR count). The van der Waals surface area contributed by atoms with Crippen LogP contribution in [0.4, 0.5) is 0 Å². The highest BCUT2D eigenvalue weighted by Gasteiger charge is 2.12. The lowest BCUT2D eigenvalue weighted by molar-refractivity contribution is 0.415. The van der Waals surface area contributed by atoms with Crippen LogP contribution in [-0.2, 0) is 0 Å². The molecular weight excluding hydrogens is 323 g/mol. The minimum absolute atomic E-state index is 0.319. The van der Waals surface area contributed by atoms with Gasteiger partial charge in [-0.25, -0.2) is 0 Å². The Morgan fingerprint density at radius 2 is 1.36 bits per heavy atom. The summed E-state index contributed by atoms with van der Waals surface area (Å²) in [5.74, 6) is 1.33. The predicted molar refractivity (Wildman–Crippen MR) is 85.1 cm³/mol. The van der Waals surface area contributed by atoms with Gasteiger partial charge in [0.15, 0.2) is 0 Å². The molecule has 3 aromatic rings. The van der Waals surface area contributed by atoms with Crippen LogP contribution in [0.25, 0.3) is 22.8 Å². The Kier molecular flexibility index (Phi) is 4.18. The lowest BCUT2D eigenvalue weighted by Crippen LogP contribution is -2.00. The first-order chi connectivity index (χ1) is 10.7. The summed E-state index contributed by atoms with van der Waals surface area (Å²) in [7, 11) is 1.57. The summed E-state index contributed by atoms with van der Waals surface area (Å²) in [4.78, 5) is 0. The van der Waals surface area contributed by atoms with E-state index in [4.69, 9.17) is 27.9 Å². The van der Waals surface area contributed by atoms with Gasteiger partial charge in [0, 0.05) is 11.1 Å². The zero-order valence-electron chi connectivity index (χ0n) is 11.5.